The van der Waals surface area contributed by atoms with E-state index in [9.17, 15) is 13.2 Å². The number of hydrogen-bond donors (Lipinski definition) is 0. The maximum Gasteiger partial charge on any atom is 0.264 e. The van der Waals surface area contributed by atoms with E-state index < -0.39 is 10.0 Å². The minimum atomic E-state index is -3.71. The third-order valence-corrected chi connectivity index (χ3v) is 7.40. The number of sulfonamides is 1. The number of aryl methyl sites for hydroxylation is 1. The number of anilines is 1. The van der Waals surface area contributed by atoms with Gasteiger partial charge in [-0.3, -0.25) is 9.10 Å². The summed E-state index contributed by atoms with van der Waals surface area (Å²) in [7, 11) is -2.19. The molecule has 0 N–H and O–H groups in total. The zero-order chi connectivity index (χ0) is 21.3. The Hall–Kier alpha value is -3.12. The van der Waals surface area contributed by atoms with E-state index in [1.165, 1.54) is 16.9 Å². The Morgan fingerprint density at radius 3 is 2.33 bits per heavy atom. The zero-order valence-electron chi connectivity index (χ0n) is 17.1. The Balaban J connectivity index is 1.63. The van der Waals surface area contributed by atoms with E-state index in [0.29, 0.717) is 24.3 Å². The SMILES string of the molecule is Cc1ccc(C(=O)N2CCc3ccccc3C2)cc1N(C)S(=O)(=O)c1ccccc1. The van der Waals surface area contributed by atoms with Crippen molar-refractivity contribution in [3.05, 3.63) is 95.1 Å². The summed E-state index contributed by atoms with van der Waals surface area (Å²) < 4.78 is 27.3. The van der Waals surface area contributed by atoms with Gasteiger partial charge in [0.15, 0.2) is 0 Å². The van der Waals surface area contributed by atoms with Gasteiger partial charge in [-0.1, -0.05) is 48.5 Å². The first-order valence-electron chi connectivity index (χ1n) is 9.88. The molecule has 0 atom stereocenters. The molecule has 0 aliphatic carbocycles. The lowest BCUT2D eigenvalue weighted by atomic mass is 9.99. The molecule has 0 radical (unpaired) electrons. The zero-order valence-corrected chi connectivity index (χ0v) is 17.9. The van der Waals surface area contributed by atoms with E-state index in [0.717, 1.165) is 17.5 Å². The van der Waals surface area contributed by atoms with Gasteiger partial charge < -0.3 is 4.90 Å². The summed E-state index contributed by atoms with van der Waals surface area (Å²) in [4.78, 5) is 15.2. The van der Waals surface area contributed by atoms with Crippen molar-refractivity contribution >= 4 is 21.6 Å². The van der Waals surface area contributed by atoms with Crippen LogP contribution < -0.4 is 4.31 Å². The molecule has 4 rings (SSSR count). The molecular weight excluding hydrogens is 396 g/mol. The smallest absolute Gasteiger partial charge is 0.264 e. The van der Waals surface area contributed by atoms with Crippen LogP contribution in [0.15, 0.2) is 77.7 Å². The normalized spacial score (nSPS) is 13.6. The van der Waals surface area contributed by atoms with Gasteiger partial charge >= 0.3 is 0 Å². The standard InChI is InChI=1S/C24H24N2O3S/c1-18-12-13-20(24(27)26-15-14-19-8-6-7-9-21(19)17-26)16-23(18)25(2)30(28,29)22-10-4-3-5-11-22/h3-13,16H,14-15,17H2,1-2H3. The highest BCUT2D eigenvalue weighted by Gasteiger charge is 2.25. The maximum absolute atomic E-state index is 13.2. The minimum Gasteiger partial charge on any atom is -0.334 e. The average molecular weight is 421 g/mol. The second kappa shape index (κ2) is 7.95. The van der Waals surface area contributed by atoms with Crippen LogP contribution in [0.5, 0.6) is 0 Å². The molecule has 3 aromatic carbocycles. The number of nitrogens with zero attached hydrogens (tertiary/aromatic N) is 2. The number of carbonyl (C=O) groups is 1. The molecule has 154 valence electrons. The van der Waals surface area contributed by atoms with Crippen molar-refractivity contribution in [3.63, 3.8) is 0 Å². The highest BCUT2D eigenvalue weighted by atomic mass is 32.2. The van der Waals surface area contributed by atoms with E-state index in [1.807, 2.05) is 24.0 Å². The van der Waals surface area contributed by atoms with Gasteiger partial charge in [0, 0.05) is 25.7 Å². The van der Waals surface area contributed by atoms with Crippen LogP contribution in [-0.2, 0) is 23.0 Å². The summed E-state index contributed by atoms with van der Waals surface area (Å²) in [6.45, 7) is 3.06. The van der Waals surface area contributed by atoms with E-state index >= 15 is 0 Å². The summed E-state index contributed by atoms with van der Waals surface area (Å²) in [6, 6.07) is 21.7. The molecule has 1 aliphatic heterocycles. The van der Waals surface area contributed by atoms with Crippen LogP contribution >= 0.6 is 0 Å². The summed E-state index contributed by atoms with van der Waals surface area (Å²) in [6.07, 6.45) is 0.822. The molecular formula is C24H24N2O3S. The van der Waals surface area contributed by atoms with E-state index in [-0.39, 0.29) is 10.8 Å². The molecule has 5 nitrogen and oxygen atoms in total. The molecule has 3 aromatic rings. The van der Waals surface area contributed by atoms with Crippen molar-refractivity contribution < 1.29 is 13.2 Å². The molecule has 0 spiro atoms. The quantitative estimate of drug-likeness (QED) is 0.641. The monoisotopic (exact) mass is 420 g/mol. The summed E-state index contributed by atoms with van der Waals surface area (Å²) in [5, 5.41) is 0. The minimum absolute atomic E-state index is 0.0868. The summed E-state index contributed by atoms with van der Waals surface area (Å²) in [5.74, 6) is -0.0868. The van der Waals surface area contributed by atoms with Crippen molar-refractivity contribution in [2.45, 2.75) is 24.8 Å². The highest BCUT2D eigenvalue weighted by molar-refractivity contribution is 7.92. The van der Waals surface area contributed by atoms with Crippen LogP contribution in [-0.4, -0.2) is 32.8 Å². The molecule has 0 fully saturated rings. The molecule has 0 unspecified atom stereocenters. The Kier molecular flexibility index (Phi) is 5.35. The average Bonchev–Trinajstić information content (AvgIpc) is 2.78. The van der Waals surface area contributed by atoms with Gasteiger partial charge in [-0.2, -0.15) is 0 Å². The molecule has 6 heteroatoms. The fraction of sp³-hybridized carbons (Fsp3) is 0.208. The molecule has 0 saturated carbocycles. The molecule has 0 bridgehead atoms. The number of carbonyl (C=O) groups excluding carboxylic acids is 1. The largest absolute Gasteiger partial charge is 0.334 e. The Labute approximate surface area is 177 Å². The predicted molar refractivity (Wildman–Crippen MR) is 118 cm³/mol. The second-order valence-corrected chi connectivity index (χ2v) is 9.50. The van der Waals surface area contributed by atoms with E-state index in [2.05, 4.69) is 12.1 Å². The Morgan fingerprint density at radius 2 is 1.60 bits per heavy atom. The topological polar surface area (TPSA) is 57.7 Å². The van der Waals surface area contributed by atoms with Gasteiger partial charge in [-0.05, 0) is 54.3 Å². The van der Waals surface area contributed by atoms with Crippen molar-refractivity contribution in [1.82, 2.24) is 4.90 Å². The number of hydrogen-bond acceptors (Lipinski definition) is 3. The summed E-state index contributed by atoms with van der Waals surface area (Å²) in [5.41, 5.74) is 4.22. The maximum atomic E-state index is 13.2. The van der Waals surface area contributed by atoms with Crippen LogP contribution in [0.2, 0.25) is 0 Å². The molecule has 0 saturated heterocycles. The lowest BCUT2D eigenvalue weighted by Gasteiger charge is -2.29. The van der Waals surface area contributed by atoms with Gasteiger partial charge in [0.05, 0.1) is 10.6 Å². The highest BCUT2D eigenvalue weighted by Crippen LogP contribution is 2.28. The van der Waals surface area contributed by atoms with Crippen LogP contribution in [0.4, 0.5) is 5.69 Å². The van der Waals surface area contributed by atoms with E-state index in [1.54, 1.807) is 48.5 Å². The molecule has 0 aromatic heterocycles. The fourth-order valence-electron chi connectivity index (χ4n) is 3.81. The first kappa shape index (κ1) is 20.2. The fourth-order valence-corrected chi connectivity index (χ4v) is 5.09. The third-order valence-electron chi connectivity index (χ3n) is 5.61. The third kappa shape index (κ3) is 3.71. The molecule has 30 heavy (non-hydrogen) atoms. The predicted octanol–water partition coefficient (Wildman–Crippen LogP) is 4.02. The van der Waals surface area contributed by atoms with E-state index in [4.69, 9.17) is 0 Å². The number of rotatable bonds is 4. The first-order chi connectivity index (χ1) is 14.4. The van der Waals surface area contributed by atoms with Crippen LogP contribution in [0, 0.1) is 6.92 Å². The van der Waals surface area contributed by atoms with Crippen molar-refractivity contribution in [2.75, 3.05) is 17.9 Å². The first-order valence-corrected chi connectivity index (χ1v) is 11.3. The second-order valence-electron chi connectivity index (χ2n) is 7.53. The molecule has 1 amide bonds. The number of benzene rings is 3. The number of amides is 1. The Morgan fingerprint density at radius 1 is 0.933 bits per heavy atom. The van der Waals surface area contributed by atoms with Crippen molar-refractivity contribution in [3.8, 4) is 0 Å². The van der Waals surface area contributed by atoms with Crippen molar-refractivity contribution in [2.24, 2.45) is 0 Å². The van der Waals surface area contributed by atoms with Crippen molar-refractivity contribution in [1.29, 1.82) is 0 Å². The molecule has 1 heterocycles. The Bertz CT molecular complexity index is 1190. The lowest BCUT2D eigenvalue weighted by molar-refractivity contribution is 0.0734. The van der Waals surface area contributed by atoms with Crippen LogP contribution in [0.25, 0.3) is 0 Å². The van der Waals surface area contributed by atoms with Gasteiger partial charge in [-0.25, -0.2) is 8.42 Å². The lowest BCUT2D eigenvalue weighted by Crippen LogP contribution is -2.36. The van der Waals surface area contributed by atoms with Crippen LogP contribution in [0.1, 0.15) is 27.0 Å². The summed E-state index contributed by atoms with van der Waals surface area (Å²) >= 11 is 0. The van der Waals surface area contributed by atoms with Gasteiger partial charge in [0.25, 0.3) is 15.9 Å². The number of fused-ring (bicyclic) bond motifs is 1. The van der Waals surface area contributed by atoms with Gasteiger partial charge in [0.1, 0.15) is 0 Å². The van der Waals surface area contributed by atoms with Gasteiger partial charge in [0.2, 0.25) is 0 Å². The molecule has 1 aliphatic rings. The van der Waals surface area contributed by atoms with Gasteiger partial charge in [-0.15, -0.1) is 0 Å². The van der Waals surface area contributed by atoms with Crippen LogP contribution in [0.3, 0.4) is 0 Å².